The number of hydrogen-bond donors (Lipinski definition) is 2. The maximum Gasteiger partial charge on any atom is 0.242 e. The highest BCUT2D eigenvalue weighted by molar-refractivity contribution is 7.89. The highest BCUT2D eigenvalue weighted by Crippen LogP contribution is 2.44. The van der Waals surface area contributed by atoms with E-state index in [-0.39, 0.29) is 10.3 Å². The number of nitrogens with zero attached hydrogens (tertiary/aromatic N) is 1. The summed E-state index contributed by atoms with van der Waals surface area (Å²) in [5.74, 6) is 0.313. The molecule has 0 spiro atoms. The Kier molecular flexibility index (Phi) is 2.63. The molecule has 1 aromatic rings. The molecule has 0 bridgehead atoms. The Hall–Kier alpha value is -1.14. The molecular formula is C10H15N3O2S. The number of pyridine rings is 1. The number of rotatable bonds is 4. The summed E-state index contributed by atoms with van der Waals surface area (Å²) in [5.41, 5.74) is 5.54. The maximum atomic E-state index is 11.8. The van der Waals surface area contributed by atoms with Crippen LogP contribution >= 0.6 is 0 Å². The second-order valence-electron chi connectivity index (χ2n) is 4.55. The molecule has 3 N–H and O–H groups in total. The van der Waals surface area contributed by atoms with Crippen LogP contribution in [0.15, 0.2) is 23.2 Å². The van der Waals surface area contributed by atoms with Gasteiger partial charge in [0.1, 0.15) is 10.7 Å². The van der Waals surface area contributed by atoms with Gasteiger partial charge in [-0.3, -0.25) is 0 Å². The van der Waals surface area contributed by atoms with Gasteiger partial charge in [0.2, 0.25) is 10.0 Å². The third-order valence-electron chi connectivity index (χ3n) is 2.86. The van der Waals surface area contributed by atoms with Gasteiger partial charge in [-0.1, -0.05) is 6.92 Å². The van der Waals surface area contributed by atoms with Crippen LogP contribution in [0, 0.1) is 5.41 Å². The molecule has 16 heavy (non-hydrogen) atoms. The number of hydrogen-bond acceptors (Lipinski definition) is 4. The van der Waals surface area contributed by atoms with Gasteiger partial charge in [0.15, 0.2) is 0 Å². The van der Waals surface area contributed by atoms with Crippen LogP contribution in [0.1, 0.15) is 19.8 Å². The van der Waals surface area contributed by atoms with Crippen LogP contribution in [-0.2, 0) is 10.0 Å². The number of sulfonamides is 1. The number of nitrogen functional groups attached to an aromatic ring is 1. The average molecular weight is 241 g/mol. The van der Waals surface area contributed by atoms with E-state index in [4.69, 9.17) is 5.73 Å². The van der Waals surface area contributed by atoms with Crippen LogP contribution < -0.4 is 10.5 Å². The van der Waals surface area contributed by atoms with Crippen LogP contribution in [-0.4, -0.2) is 19.9 Å². The van der Waals surface area contributed by atoms with Crippen LogP contribution in [0.2, 0.25) is 0 Å². The number of nitrogens with two attached hydrogens (primary N) is 1. The Bertz CT molecular complexity index is 477. The highest BCUT2D eigenvalue weighted by Gasteiger charge is 2.38. The van der Waals surface area contributed by atoms with E-state index >= 15 is 0 Å². The summed E-state index contributed by atoms with van der Waals surface area (Å²) >= 11 is 0. The first-order valence-corrected chi connectivity index (χ1v) is 6.61. The van der Waals surface area contributed by atoms with E-state index in [9.17, 15) is 8.42 Å². The second kappa shape index (κ2) is 3.71. The molecule has 1 aliphatic carbocycles. The molecule has 1 aliphatic rings. The predicted octanol–water partition coefficient (Wildman–Crippen LogP) is 0.742. The summed E-state index contributed by atoms with van der Waals surface area (Å²) in [6, 6.07) is 2.94. The number of nitrogens with one attached hydrogen (secondary N) is 1. The van der Waals surface area contributed by atoms with Crippen molar-refractivity contribution in [1.29, 1.82) is 0 Å². The fourth-order valence-electron chi connectivity index (χ4n) is 1.29. The normalized spacial score (nSPS) is 18.3. The lowest BCUT2D eigenvalue weighted by Gasteiger charge is -2.10. The third-order valence-corrected chi connectivity index (χ3v) is 4.25. The lowest BCUT2D eigenvalue weighted by atomic mass is 10.2. The summed E-state index contributed by atoms with van der Waals surface area (Å²) in [6.45, 7) is 2.55. The second-order valence-corrected chi connectivity index (χ2v) is 6.32. The predicted molar refractivity (Wildman–Crippen MR) is 61.2 cm³/mol. The molecule has 6 heteroatoms. The SMILES string of the molecule is CC1(CNS(=O)(=O)c2ccc(N)nc2)CC1. The van der Waals surface area contributed by atoms with E-state index in [1.165, 1.54) is 18.3 Å². The van der Waals surface area contributed by atoms with Gasteiger partial charge in [-0.25, -0.2) is 18.1 Å². The minimum absolute atomic E-state index is 0.147. The minimum Gasteiger partial charge on any atom is -0.384 e. The standard InChI is InChI=1S/C10H15N3O2S/c1-10(4-5-10)7-13-16(14,15)8-2-3-9(11)12-6-8/h2-3,6,13H,4-5,7H2,1H3,(H2,11,12). The molecule has 0 amide bonds. The van der Waals surface area contributed by atoms with Crippen molar-refractivity contribution in [2.24, 2.45) is 5.41 Å². The van der Waals surface area contributed by atoms with Crippen LogP contribution in [0.25, 0.3) is 0 Å². The minimum atomic E-state index is -3.44. The largest absolute Gasteiger partial charge is 0.384 e. The van der Waals surface area contributed by atoms with Gasteiger partial charge in [0.05, 0.1) is 0 Å². The average Bonchev–Trinajstić information content (AvgIpc) is 2.96. The Balaban J connectivity index is 2.09. The lowest BCUT2D eigenvalue weighted by molar-refractivity contribution is 0.530. The molecule has 1 fully saturated rings. The Morgan fingerprint density at radius 2 is 2.19 bits per heavy atom. The van der Waals surface area contributed by atoms with Gasteiger partial charge in [-0.2, -0.15) is 0 Å². The summed E-state index contributed by atoms with van der Waals surface area (Å²) in [6.07, 6.45) is 3.43. The molecule has 1 aromatic heterocycles. The molecule has 0 saturated heterocycles. The lowest BCUT2D eigenvalue weighted by Crippen LogP contribution is -2.29. The van der Waals surface area contributed by atoms with Crippen molar-refractivity contribution in [3.05, 3.63) is 18.3 Å². The van der Waals surface area contributed by atoms with Crippen molar-refractivity contribution in [2.45, 2.75) is 24.7 Å². The zero-order chi connectivity index (χ0) is 11.8. The molecule has 0 aromatic carbocycles. The fraction of sp³-hybridized carbons (Fsp3) is 0.500. The van der Waals surface area contributed by atoms with Gasteiger partial charge in [-0.05, 0) is 30.4 Å². The van der Waals surface area contributed by atoms with E-state index in [1.807, 2.05) is 0 Å². The van der Waals surface area contributed by atoms with Crippen molar-refractivity contribution in [2.75, 3.05) is 12.3 Å². The molecule has 0 aliphatic heterocycles. The molecule has 0 atom stereocenters. The fourth-order valence-corrected chi connectivity index (χ4v) is 2.44. The van der Waals surface area contributed by atoms with Gasteiger partial charge in [0, 0.05) is 12.7 Å². The molecule has 1 saturated carbocycles. The van der Waals surface area contributed by atoms with Gasteiger partial charge in [0.25, 0.3) is 0 Å². The highest BCUT2D eigenvalue weighted by atomic mass is 32.2. The van der Waals surface area contributed by atoms with E-state index in [2.05, 4.69) is 16.6 Å². The number of anilines is 1. The van der Waals surface area contributed by atoms with Crippen molar-refractivity contribution >= 4 is 15.8 Å². The van der Waals surface area contributed by atoms with Crippen LogP contribution in [0.5, 0.6) is 0 Å². The molecule has 0 radical (unpaired) electrons. The Morgan fingerprint density at radius 1 is 1.50 bits per heavy atom. The molecular weight excluding hydrogens is 226 g/mol. The Labute approximate surface area is 95.1 Å². The summed E-state index contributed by atoms with van der Waals surface area (Å²) in [4.78, 5) is 3.92. The van der Waals surface area contributed by atoms with Crippen molar-refractivity contribution in [3.8, 4) is 0 Å². The van der Waals surface area contributed by atoms with Crippen LogP contribution in [0.3, 0.4) is 0 Å². The maximum absolute atomic E-state index is 11.8. The summed E-state index contributed by atoms with van der Waals surface area (Å²) in [5, 5.41) is 0. The van der Waals surface area contributed by atoms with E-state index < -0.39 is 10.0 Å². The molecule has 2 rings (SSSR count). The van der Waals surface area contributed by atoms with Crippen molar-refractivity contribution < 1.29 is 8.42 Å². The van der Waals surface area contributed by atoms with Gasteiger partial charge >= 0.3 is 0 Å². The van der Waals surface area contributed by atoms with Crippen LogP contribution in [0.4, 0.5) is 5.82 Å². The zero-order valence-corrected chi connectivity index (χ0v) is 9.92. The van der Waals surface area contributed by atoms with E-state index in [1.54, 1.807) is 0 Å². The monoisotopic (exact) mass is 241 g/mol. The summed E-state index contributed by atoms with van der Waals surface area (Å²) in [7, 11) is -3.44. The molecule has 0 unspecified atom stereocenters. The number of aromatic nitrogens is 1. The summed E-state index contributed by atoms with van der Waals surface area (Å²) < 4.78 is 26.2. The van der Waals surface area contributed by atoms with E-state index in [0.717, 1.165) is 12.8 Å². The molecule has 1 heterocycles. The third kappa shape index (κ3) is 2.51. The van der Waals surface area contributed by atoms with E-state index in [0.29, 0.717) is 12.4 Å². The smallest absolute Gasteiger partial charge is 0.242 e. The van der Waals surface area contributed by atoms with Gasteiger partial charge in [-0.15, -0.1) is 0 Å². The molecule has 88 valence electrons. The first-order valence-electron chi connectivity index (χ1n) is 5.13. The Morgan fingerprint density at radius 3 is 2.69 bits per heavy atom. The first-order chi connectivity index (χ1) is 7.41. The zero-order valence-electron chi connectivity index (χ0n) is 9.10. The van der Waals surface area contributed by atoms with Crippen molar-refractivity contribution in [1.82, 2.24) is 9.71 Å². The topological polar surface area (TPSA) is 85.1 Å². The first kappa shape index (κ1) is 11.3. The quantitative estimate of drug-likeness (QED) is 0.814. The molecule has 5 nitrogen and oxygen atoms in total. The van der Waals surface area contributed by atoms with Gasteiger partial charge < -0.3 is 5.73 Å². The van der Waals surface area contributed by atoms with Crippen molar-refractivity contribution in [3.63, 3.8) is 0 Å².